The monoisotopic (exact) mass is 673 g/mol. The highest BCUT2D eigenvalue weighted by molar-refractivity contribution is 7.11. The molecule has 4 aliphatic heterocycles. The molecule has 0 bridgehead atoms. The second kappa shape index (κ2) is 13.3. The van der Waals surface area contributed by atoms with E-state index in [1.165, 1.54) is 43.8 Å². The molecular weight excluding hydrogens is 637 g/mol. The van der Waals surface area contributed by atoms with Crippen LogP contribution in [0.15, 0.2) is 46.0 Å². The predicted octanol–water partition coefficient (Wildman–Crippen LogP) is 2.90. The lowest BCUT2D eigenvalue weighted by molar-refractivity contribution is -0.146. The minimum atomic E-state index is -0.852. The number of fused-ring (bicyclic) bond motifs is 1. The summed E-state index contributed by atoms with van der Waals surface area (Å²) in [7, 11) is 2.70. The van der Waals surface area contributed by atoms with Crippen molar-refractivity contribution >= 4 is 46.7 Å². The van der Waals surface area contributed by atoms with Crippen LogP contribution in [-0.2, 0) is 19.1 Å². The maximum Gasteiger partial charge on any atom is 0.338 e. The highest BCUT2D eigenvalue weighted by Crippen LogP contribution is 2.37. The van der Waals surface area contributed by atoms with Gasteiger partial charge in [-0.1, -0.05) is 17.7 Å². The Balaban J connectivity index is 1.24. The average molecular weight is 674 g/mol. The second-order valence-corrected chi connectivity index (χ2v) is 13.4. The van der Waals surface area contributed by atoms with Gasteiger partial charge in [-0.2, -0.15) is 0 Å². The first-order valence-corrected chi connectivity index (χ1v) is 16.5. The van der Waals surface area contributed by atoms with Gasteiger partial charge >= 0.3 is 18.0 Å². The number of rotatable bonds is 8. The Bertz CT molecular complexity index is 1570. The van der Waals surface area contributed by atoms with Crippen molar-refractivity contribution < 1.29 is 28.2 Å². The van der Waals surface area contributed by atoms with Crippen molar-refractivity contribution in [1.29, 1.82) is 0 Å². The van der Waals surface area contributed by atoms with Gasteiger partial charge in [-0.3, -0.25) is 19.6 Å². The Hall–Kier alpha value is -3.59. The third kappa shape index (κ3) is 6.10. The highest BCUT2D eigenvalue weighted by Gasteiger charge is 2.48. The Morgan fingerprint density at radius 1 is 1.13 bits per heavy atom. The first-order chi connectivity index (χ1) is 22.1. The molecule has 0 aliphatic carbocycles. The molecule has 6 rings (SSSR count). The molecule has 2 amide bonds. The van der Waals surface area contributed by atoms with E-state index in [-0.39, 0.29) is 46.8 Å². The van der Waals surface area contributed by atoms with Gasteiger partial charge < -0.3 is 24.6 Å². The van der Waals surface area contributed by atoms with Crippen molar-refractivity contribution in [2.75, 3.05) is 53.5 Å². The normalized spacial score (nSPS) is 25.5. The summed E-state index contributed by atoms with van der Waals surface area (Å²) in [4.78, 5) is 56.8. The van der Waals surface area contributed by atoms with E-state index >= 15 is 0 Å². The Kier molecular flexibility index (Phi) is 9.33. The van der Waals surface area contributed by atoms with E-state index in [2.05, 4.69) is 20.1 Å². The van der Waals surface area contributed by atoms with Crippen LogP contribution in [0, 0.1) is 5.82 Å². The quantitative estimate of drug-likeness (QED) is 0.422. The first kappa shape index (κ1) is 32.4. The Morgan fingerprint density at radius 2 is 1.93 bits per heavy atom. The number of piperazine rings is 1. The average Bonchev–Trinajstić information content (AvgIpc) is 3.80. The van der Waals surface area contributed by atoms with Gasteiger partial charge in [0.15, 0.2) is 10.8 Å². The highest BCUT2D eigenvalue weighted by atomic mass is 35.5. The number of hydrogen-bond donors (Lipinski definition) is 1. The number of nitrogens with zero attached hydrogens (tertiary/aromatic N) is 6. The van der Waals surface area contributed by atoms with Crippen LogP contribution in [0.2, 0.25) is 5.02 Å². The van der Waals surface area contributed by atoms with Gasteiger partial charge in [0.2, 0.25) is 0 Å². The number of thiazole rings is 1. The molecule has 15 heteroatoms. The van der Waals surface area contributed by atoms with E-state index < -0.39 is 17.8 Å². The summed E-state index contributed by atoms with van der Waals surface area (Å²) < 4.78 is 24.3. The summed E-state index contributed by atoms with van der Waals surface area (Å²) >= 11 is 7.89. The number of methoxy groups -OCH3 is 2. The van der Waals surface area contributed by atoms with E-state index in [1.807, 2.05) is 29.0 Å². The number of esters is 2. The number of amides is 2. The SMILES string of the molecule is COC(=O)C1=C(CN2CCN3C(=O)N([C@H]4C[C@H](C(=O)OC)N(C(C)C)C4)CC3C2)NC(c2nccs2)=NC1c1ccc(F)cc1Cl. The van der Waals surface area contributed by atoms with Gasteiger partial charge in [0.1, 0.15) is 17.9 Å². The van der Waals surface area contributed by atoms with Gasteiger partial charge in [0, 0.05) is 79.2 Å². The molecule has 0 radical (unpaired) electrons. The van der Waals surface area contributed by atoms with Crippen molar-refractivity contribution in [2.45, 2.75) is 50.5 Å². The van der Waals surface area contributed by atoms with Gasteiger partial charge in [0.05, 0.1) is 25.8 Å². The van der Waals surface area contributed by atoms with Crippen molar-refractivity contribution in [3.8, 4) is 0 Å². The van der Waals surface area contributed by atoms with Crippen molar-refractivity contribution in [1.82, 2.24) is 29.9 Å². The number of carbonyl (C=O) groups is 3. The van der Waals surface area contributed by atoms with Gasteiger partial charge in [-0.25, -0.2) is 19.0 Å². The molecule has 3 saturated heterocycles. The molecule has 0 spiro atoms. The zero-order valence-electron chi connectivity index (χ0n) is 26.1. The molecule has 4 atom stereocenters. The number of carbonyl (C=O) groups excluding carboxylic acids is 3. The minimum Gasteiger partial charge on any atom is -0.468 e. The predicted molar refractivity (Wildman–Crippen MR) is 170 cm³/mol. The molecule has 2 aromatic rings. The number of aromatic nitrogens is 1. The zero-order valence-corrected chi connectivity index (χ0v) is 27.7. The molecule has 1 N–H and O–H groups in total. The molecule has 246 valence electrons. The van der Waals surface area contributed by atoms with Crippen LogP contribution < -0.4 is 5.32 Å². The smallest absolute Gasteiger partial charge is 0.338 e. The van der Waals surface area contributed by atoms with Gasteiger partial charge in [0.25, 0.3) is 0 Å². The van der Waals surface area contributed by atoms with Crippen LogP contribution in [0.1, 0.15) is 36.9 Å². The van der Waals surface area contributed by atoms with Crippen LogP contribution in [0.4, 0.5) is 9.18 Å². The maximum atomic E-state index is 14.0. The van der Waals surface area contributed by atoms with Crippen molar-refractivity contribution in [2.24, 2.45) is 4.99 Å². The number of hydrogen-bond acceptors (Lipinski definition) is 11. The lowest BCUT2D eigenvalue weighted by atomic mass is 9.95. The molecule has 4 aliphatic rings. The van der Waals surface area contributed by atoms with Crippen molar-refractivity contribution in [3.05, 3.63) is 62.5 Å². The third-order valence-corrected chi connectivity index (χ3v) is 10.3. The van der Waals surface area contributed by atoms with E-state index in [9.17, 15) is 18.8 Å². The molecule has 12 nitrogen and oxygen atoms in total. The first-order valence-electron chi connectivity index (χ1n) is 15.2. The number of halogens is 2. The minimum absolute atomic E-state index is 0.0154. The van der Waals surface area contributed by atoms with Crippen molar-refractivity contribution in [3.63, 3.8) is 0 Å². The summed E-state index contributed by atoms with van der Waals surface area (Å²) in [6.45, 7) is 7.25. The Labute approximate surface area is 275 Å². The molecule has 1 aromatic heterocycles. The molecule has 46 heavy (non-hydrogen) atoms. The van der Waals surface area contributed by atoms with Crippen LogP contribution in [-0.4, -0.2) is 126 Å². The fraction of sp³-hybridized carbons (Fsp3) is 0.516. The fourth-order valence-corrected chi connectivity index (χ4v) is 7.80. The van der Waals surface area contributed by atoms with Crippen LogP contribution >= 0.6 is 22.9 Å². The van der Waals surface area contributed by atoms with E-state index in [0.29, 0.717) is 67.8 Å². The number of amidine groups is 1. The van der Waals surface area contributed by atoms with Gasteiger partial charge in [-0.05, 0) is 32.4 Å². The summed E-state index contributed by atoms with van der Waals surface area (Å²) in [5, 5.41) is 5.94. The summed E-state index contributed by atoms with van der Waals surface area (Å²) in [6, 6.07) is 2.75. The van der Waals surface area contributed by atoms with Crippen LogP contribution in [0.25, 0.3) is 0 Å². The number of likely N-dealkylation sites (tertiary alicyclic amines) is 1. The molecule has 5 heterocycles. The second-order valence-electron chi connectivity index (χ2n) is 12.1. The fourth-order valence-electron chi connectivity index (χ4n) is 6.94. The van der Waals surface area contributed by atoms with Crippen LogP contribution in [0.5, 0.6) is 0 Å². The maximum absolute atomic E-state index is 14.0. The molecule has 2 unspecified atom stereocenters. The third-order valence-electron chi connectivity index (χ3n) is 9.17. The standard InChI is InChI=1S/C31H37ClFN7O5S/c1-17(2)39-14-19(12-24(39)29(41)44-3)40-15-20-13-37(8-9-38(20)31(40)43)16-23-25(30(42)45-4)26(21-6-5-18(33)11-22(21)32)36-27(35-23)28-34-7-10-46-28/h5-7,10-11,17,19-20,24,26H,8-9,12-16H2,1-4H3,(H,35,36)/t19-,20?,24+,26?/m0/s1. The summed E-state index contributed by atoms with van der Waals surface area (Å²) in [5.41, 5.74) is 1.32. The molecular formula is C31H37ClFN7O5S. The van der Waals surface area contributed by atoms with E-state index in [1.54, 1.807) is 6.20 Å². The number of aliphatic imine (C=N–C) groups is 1. The molecule has 0 saturated carbocycles. The van der Waals surface area contributed by atoms with E-state index in [4.69, 9.17) is 26.1 Å². The lowest BCUT2D eigenvalue weighted by Gasteiger charge is -2.38. The number of ether oxygens (including phenoxy) is 2. The number of benzene rings is 1. The largest absolute Gasteiger partial charge is 0.468 e. The number of urea groups is 1. The summed E-state index contributed by atoms with van der Waals surface area (Å²) in [6.07, 6.45) is 2.20. The van der Waals surface area contributed by atoms with Crippen LogP contribution in [0.3, 0.4) is 0 Å². The number of nitrogens with one attached hydrogen (secondary N) is 1. The van der Waals surface area contributed by atoms with Gasteiger partial charge in [-0.15, -0.1) is 11.3 Å². The van der Waals surface area contributed by atoms with E-state index in [0.717, 1.165) is 0 Å². The lowest BCUT2D eigenvalue weighted by Crippen LogP contribution is -2.53. The summed E-state index contributed by atoms with van der Waals surface area (Å²) in [5.74, 6) is -0.877. The zero-order chi connectivity index (χ0) is 32.7. The Morgan fingerprint density at radius 3 is 2.61 bits per heavy atom. The molecule has 3 fully saturated rings. The molecule has 1 aromatic carbocycles. The topological polar surface area (TPSA) is 120 Å².